The maximum absolute atomic E-state index is 6.04. The van der Waals surface area contributed by atoms with E-state index in [2.05, 4.69) is 33.4 Å². The van der Waals surface area contributed by atoms with Crippen LogP contribution in [0.1, 0.15) is 18.4 Å². The first kappa shape index (κ1) is 15.5. The Labute approximate surface area is 139 Å². The van der Waals surface area contributed by atoms with E-state index in [0.29, 0.717) is 6.04 Å². The molecule has 3 nitrogen and oxygen atoms in total. The van der Waals surface area contributed by atoms with Gasteiger partial charge in [-0.05, 0) is 37.1 Å². The molecular weight excluding hydrogens is 342 g/mol. The Kier molecular flexibility index (Phi) is 5.48. The molecule has 1 heterocycles. The van der Waals surface area contributed by atoms with E-state index in [1.54, 1.807) is 0 Å². The van der Waals surface area contributed by atoms with Crippen LogP contribution in [0, 0.1) is 0 Å². The summed E-state index contributed by atoms with van der Waals surface area (Å²) < 4.78 is 12.5. The Balaban J connectivity index is 1.70. The SMILES string of the molecule is Brc1ccc(CNC2CCOCC2)c(Oc2ccccc2)c1. The molecule has 0 bridgehead atoms. The van der Waals surface area contributed by atoms with Gasteiger partial charge in [-0.1, -0.05) is 40.2 Å². The lowest BCUT2D eigenvalue weighted by molar-refractivity contribution is 0.0775. The zero-order valence-electron chi connectivity index (χ0n) is 12.4. The van der Waals surface area contributed by atoms with Gasteiger partial charge in [0.15, 0.2) is 0 Å². The van der Waals surface area contributed by atoms with Gasteiger partial charge in [0.25, 0.3) is 0 Å². The molecule has 1 saturated heterocycles. The van der Waals surface area contributed by atoms with Gasteiger partial charge >= 0.3 is 0 Å². The normalized spacial score (nSPS) is 15.7. The highest BCUT2D eigenvalue weighted by molar-refractivity contribution is 9.10. The van der Waals surface area contributed by atoms with E-state index >= 15 is 0 Å². The standard InChI is InChI=1S/C18H20BrNO2/c19-15-7-6-14(13-20-16-8-10-21-11-9-16)18(12-15)22-17-4-2-1-3-5-17/h1-7,12,16,20H,8-11,13H2. The third kappa shape index (κ3) is 4.32. The number of hydrogen-bond donors (Lipinski definition) is 1. The minimum atomic E-state index is 0.530. The first-order valence-corrected chi connectivity index (χ1v) is 8.43. The van der Waals surface area contributed by atoms with Gasteiger partial charge in [0.1, 0.15) is 11.5 Å². The number of ether oxygens (including phenoxy) is 2. The monoisotopic (exact) mass is 361 g/mol. The summed E-state index contributed by atoms with van der Waals surface area (Å²) in [4.78, 5) is 0. The van der Waals surface area contributed by atoms with E-state index in [4.69, 9.17) is 9.47 Å². The highest BCUT2D eigenvalue weighted by Crippen LogP contribution is 2.28. The molecular formula is C18H20BrNO2. The molecule has 1 aliphatic heterocycles. The summed E-state index contributed by atoms with van der Waals surface area (Å²) in [5.41, 5.74) is 1.17. The molecule has 2 aromatic carbocycles. The quantitative estimate of drug-likeness (QED) is 0.849. The van der Waals surface area contributed by atoms with Crippen molar-refractivity contribution in [1.82, 2.24) is 5.32 Å². The highest BCUT2D eigenvalue weighted by atomic mass is 79.9. The Hall–Kier alpha value is -1.36. The second kappa shape index (κ2) is 7.77. The van der Waals surface area contributed by atoms with Crippen LogP contribution in [0.4, 0.5) is 0 Å². The molecule has 0 amide bonds. The second-order valence-electron chi connectivity index (χ2n) is 5.43. The molecule has 1 N–H and O–H groups in total. The molecule has 4 heteroatoms. The smallest absolute Gasteiger partial charge is 0.133 e. The van der Waals surface area contributed by atoms with Crippen LogP contribution in [0.5, 0.6) is 11.5 Å². The second-order valence-corrected chi connectivity index (χ2v) is 6.35. The first-order valence-electron chi connectivity index (χ1n) is 7.64. The molecule has 0 aromatic heterocycles. The van der Waals surface area contributed by atoms with Crippen molar-refractivity contribution in [3.8, 4) is 11.5 Å². The van der Waals surface area contributed by atoms with Crippen LogP contribution in [-0.2, 0) is 11.3 Å². The summed E-state index contributed by atoms with van der Waals surface area (Å²) in [7, 11) is 0. The van der Waals surface area contributed by atoms with Crippen molar-refractivity contribution in [1.29, 1.82) is 0 Å². The van der Waals surface area contributed by atoms with Gasteiger partial charge in [0.2, 0.25) is 0 Å². The van der Waals surface area contributed by atoms with Crippen LogP contribution in [-0.4, -0.2) is 19.3 Å². The summed E-state index contributed by atoms with van der Waals surface area (Å²) in [5.74, 6) is 1.74. The third-order valence-electron chi connectivity index (χ3n) is 3.80. The number of halogens is 1. The van der Waals surface area contributed by atoms with Crippen molar-refractivity contribution in [3.05, 3.63) is 58.6 Å². The van der Waals surface area contributed by atoms with Gasteiger partial charge in [-0.15, -0.1) is 0 Å². The molecule has 0 atom stereocenters. The van der Waals surface area contributed by atoms with Crippen LogP contribution < -0.4 is 10.1 Å². The fraction of sp³-hybridized carbons (Fsp3) is 0.333. The Morgan fingerprint density at radius 2 is 1.86 bits per heavy atom. The average Bonchev–Trinajstić information content (AvgIpc) is 2.56. The number of para-hydroxylation sites is 1. The third-order valence-corrected chi connectivity index (χ3v) is 4.30. The summed E-state index contributed by atoms with van der Waals surface area (Å²) in [6.07, 6.45) is 2.15. The summed E-state index contributed by atoms with van der Waals surface area (Å²) in [6, 6.07) is 16.6. The molecule has 1 aliphatic rings. The van der Waals surface area contributed by atoms with E-state index in [-0.39, 0.29) is 0 Å². The van der Waals surface area contributed by atoms with Crippen LogP contribution in [0.25, 0.3) is 0 Å². The zero-order chi connectivity index (χ0) is 15.2. The molecule has 0 unspecified atom stereocenters. The van der Waals surface area contributed by atoms with E-state index in [1.165, 1.54) is 5.56 Å². The fourth-order valence-electron chi connectivity index (χ4n) is 2.54. The number of rotatable bonds is 5. The molecule has 1 fully saturated rings. The summed E-state index contributed by atoms with van der Waals surface area (Å²) in [5, 5.41) is 3.61. The van der Waals surface area contributed by atoms with Crippen molar-refractivity contribution >= 4 is 15.9 Å². The lowest BCUT2D eigenvalue weighted by Crippen LogP contribution is -2.34. The first-order chi connectivity index (χ1) is 10.8. The molecule has 22 heavy (non-hydrogen) atoms. The minimum absolute atomic E-state index is 0.530. The molecule has 0 saturated carbocycles. The van der Waals surface area contributed by atoms with Crippen LogP contribution in [0.3, 0.4) is 0 Å². The largest absolute Gasteiger partial charge is 0.457 e. The predicted octanol–water partition coefficient (Wildman–Crippen LogP) is 4.51. The Morgan fingerprint density at radius 3 is 2.64 bits per heavy atom. The minimum Gasteiger partial charge on any atom is -0.457 e. The summed E-state index contributed by atoms with van der Waals surface area (Å²) >= 11 is 3.52. The topological polar surface area (TPSA) is 30.5 Å². The lowest BCUT2D eigenvalue weighted by atomic mass is 10.1. The maximum Gasteiger partial charge on any atom is 0.133 e. The molecule has 2 aromatic rings. The van der Waals surface area contributed by atoms with Gasteiger partial charge in [-0.3, -0.25) is 0 Å². The van der Waals surface area contributed by atoms with Crippen molar-refractivity contribution in [2.45, 2.75) is 25.4 Å². The van der Waals surface area contributed by atoms with Crippen molar-refractivity contribution < 1.29 is 9.47 Å². The van der Waals surface area contributed by atoms with E-state index in [0.717, 1.165) is 48.6 Å². The molecule has 0 aliphatic carbocycles. The van der Waals surface area contributed by atoms with Crippen molar-refractivity contribution in [3.63, 3.8) is 0 Å². The molecule has 0 spiro atoms. The average molecular weight is 362 g/mol. The molecule has 3 rings (SSSR count). The number of hydrogen-bond acceptors (Lipinski definition) is 3. The Bertz CT molecular complexity index is 597. The zero-order valence-corrected chi connectivity index (χ0v) is 14.0. The molecule has 116 valence electrons. The van der Waals surface area contributed by atoms with Crippen LogP contribution >= 0.6 is 15.9 Å². The van der Waals surface area contributed by atoms with Gasteiger partial charge in [-0.2, -0.15) is 0 Å². The fourth-order valence-corrected chi connectivity index (χ4v) is 2.88. The Morgan fingerprint density at radius 1 is 1.09 bits per heavy atom. The molecule has 0 radical (unpaired) electrons. The lowest BCUT2D eigenvalue weighted by Gasteiger charge is -2.23. The predicted molar refractivity (Wildman–Crippen MR) is 91.3 cm³/mol. The van der Waals surface area contributed by atoms with E-state index in [9.17, 15) is 0 Å². The van der Waals surface area contributed by atoms with E-state index < -0.39 is 0 Å². The van der Waals surface area contributed by atoms with Gasteiger partial charge in [-0.25, -0.2) is 0 Å². The highest BCUT2D eigenvalue weighted by Gasteiger charge is 2.14. The van der Waals surface area contributed by atoms with Gasteiger partial charge in [0.05, 0.1) is 0 Å². The maximum atomic E-state index is 6.04. The van der Waals surface area contributed by atoms with Gasteiger partial charge in [0, 0.05) is 35.8 Å². The van der Waals surface area contributed by atoms with Crippen molar-refractivity contribution in [2.75, 3.05) is 13.2 Å². The number of nitrogens with one attached hydrogen (secondary N) is 1. The summed E-state index contributed by atoms with van der Waals surface area (Å²) in [6.45, 7) is 2.51. The van der Waals surface area contributed by atoms with Crippen molar-refractivity contribution in [2.24, 2.45) is 0 Å². The van der Waals surface area contributed by atoms with Crippen LogP contribution in [0.15, 0.2) is 53.0 Å². The van der Waals surface area contributed by atoms with Gasteiger partial charge < -0.3 is 14.8 Å². The number of benzene rings is 2. The van der Waals surface area contributed by atoms with Crippen LogP contribution in [0.2, 0.25) is 0 Å². The van der Waals surface area contributed by atoms with E-state index in [1.807, 2.05) is 36.4 Å².